The third-order valence-corrected chi connectivity index (χ3v) is 3.90. The molecule has 28 heavy (non-hydrogen) atoms. The molecule has 0 aliphatic carbocycles. The van der Waals surface area contributed by atoms with E-state index in [-0.39, 0.29) is 11.4 Å². The van der Waals surface area contributed by atoms with Crippen LogP contribution in [0, 0.1) is 6.92 Å². The van der Waals surface area contributed by atoms with Crippen LogP contribution in [0.2, 0.25) is 0 Å². The number of nitrogens with one attached hydrogen (secondary N) is 1. The molecule has 1 N–H and O–H groups in total. The molecule has 0 fully saturated rings. The molecule has 0 atom stereocenters. The Hall–Kier alpha value is -3.42. The lowest BCUT2D eigenvalue weighted by atomic mass is 10.1. The van der Waals surface area contributed by atoms with Crippen LogP contribution in [0.4, 0.5) is 24.7 Å². The molecule has 0 bridgehead atoms. The molecule has 0 saturated carbocycles. The van der Waals surface area contributed by atoms with Gasteiger partial charge in [0.2, 0.25) is 0 Å². The molecular weight excluding hydrogens is 371 g/mol. The molecule has 0 aliphatic rings. The minimum atomic E-state index is -4.46. The third kappa shape index (κ3) is 4.28. The number of alkyl halides is 3. The summed E-state index contributed by atoms with van der Waals surface area (Å²) in [5.74, 6) is -0.0348. The van der Waals surface area contributed by atoms with Gasteiger partial charge in [-0.15, -0.1) is 0 Å². The van der Waals surface area contributed by atoms with Crippen LogP contribution in [0.5, 0.6) is 0 Å². The van der Waals surface area contributed by atoms with Crippen molar-refractivity contribution in [3.8, 4) is 11.4 Å². The van der Waals surface area contributed by atoms with Gasteiger partial charge in [0.05, 0.1) is 23.9 Å². The molecule has 1 heterocycles. The van der Waals surface area contributed by atoms with Crippen LogP contribution in [0.25, 0.3) is 11.4 Å². The smallest absolute Gasteiger partial charge is 0.416 e. The molecule has 3 aromatic rings. The maximum Gasteiger partial charge on any atom is 0.416 e. The van der Waals surface area contributed by atoms with E-state index in [1.165, 1.54) is 19.2 Å². The molecule has 0 saturated heterocycles. The number of methoxy groups -OCH3 is 1. The number of carbonyl (C=O) groups excluding carboxylic acids is 1. The van der Waals surface area contributed by atoms with Gasteiger partial charge in [-0.2, -0.15) is 13.2 Å². The molecule has 1 aromatic heterocycles. The predicted molar refractivity (Wildman–Crippen MR) is 98.3 cm³/mol. The highest BCUT2D eigenvalue weighted by Gasteiger charge is 2.30. The first-order valence-electron chi connectivity index (χ1n) is 8.25. The number of esters is 1. The van der Waals surface area contributed by atoms with Crippen molar-refractivity contribution in [2.75, 3.05) is 12.4 Å². The molecule has 144 valence electrons. The molecule has 3 rings (SSSR count). The van der Waals surface area contributed by atoms with Gasteiger partial charge in [-0.25, -0.2) is 14.8 Å². The number of para-hydroxylation sites is 1. The Labute approximate surface area is 159 Å². The molecule has 0 spiro atoms. The normalized spacial score (nSPS) is 11.2. The number of carbonyl (C=O) groups is 1. The summed E-state index contributed by atoms with van der Waals surface area (Å²) in [7, 11) is 1.28. The van der Waals surface area contributed by atoms with Crippen molar-refractivity contribution in [1.82, 2.24) is 9.97 Å². The minimum absolute atomic E-state index is 0.143. The quantitative estimate of drug-likeness (QED) is 0.638. The van der Waals surface area contributed by atoms with Crippen molar-refractivity contribution in [2.45, 2.75) is 13.1 Å². The van der Waals surface area contributed by atoms with Gasteiger partial charge in [0.1, 0.15) is 5.82 Å². The van der Waals surface area contributed by atoms with E-state index < -0.39 is 17.7 Å². The van der Waals surface area contributed by atoms with E-state index in [2.05, 4.69) is 15.3 Å². The lowest BCUT2D eigenvalue weighted by Gasteiger charge is -2.12. The van der Waals surface area contributed by atoms with E-state index in [4.69, 9.17) is 4.74 Å². The van der Waals surface area contributed by atoms with Crippen molar-refractivity contribution < 1.29 is 22.7 Å². The first kappa shape index (κ1) is 19.3. The molecule has 0 amide bonds. The Morgan fingerprint density at radius 2 is 1.79 bits per heavy atom. The minimum Gasteiger partial charge on any atom is -0.465 e. The zero-order valence-electron chi connectivity index (χ0n) is 15.0. The van der Waals surface area contributed by atoms with Gasteiger partial charge >= 0.3 is 12.1 Å². The Morgan fingerprint density at radius 3 is 2.50 bits per heavy atom. The zero-order valence-corrected chi connectivity index (χ0v) is 15.0. The summed E-state index contributed by atoms with van der Waals surface area (Å²) in [4.78, 5) is 20.4. The highest BCUT2D eigenvalue weighted by Crippen LogP contribution is 2.32. The number of hydrogen-bond acceptors (Lipinski definition) is 5. The van der Waals surface area contributed by atoms with E-state index in [9.17, 15) is 18.0 Å². The van der Waals surface area contributed by atoms with Crippen LogP contribution in [-0.2, 0) is 10.9 Å². The van der Waals surface area contributed by atoms with E-state index in [0.29, 0.717) is 22.8 Å². The topological polar surface area (TPSA) is 64.1 Å². The van der Waals surface area contributed by atoms with Crippen LogP contribution in [0.15, 0.2) is 54.6 Å². The summed E-state index contributed by atoms with van der Waals surface area (Å²) in [6, 6.07) is 13.1. The average Bonchev–Trinajstić information content (AvgIpc) is 2.67. The average molecular weight is 387 g/mol. The number of halogens is 3. The summed E-state index contributed by atoms with van der Waals surface area (Å²) < 4.78 is 43.7. The van der Waals surface area contributed by atoms with Crippen LogP contribution in [0.3, 0.4) is 0 Å². The number of anilines is 2. The number of rotatable bonds is 4. The van der Waals surface area contributed by atoms with Gasteiger partial charge in [0.25, 0.3) is 0 Å². The number of hydrogen-bond donors (Lipinski definition) is 1. The molecule has 8 heteroatoms. The van der Waals surface area contributed by atoms with Crippen LogP contribution in [-0.4, -0.2) is 23.0 Å². The Morgan fingerprint density at radius 1 is 1.04 bits per heavy atom. The lowest BCUT2D eigenvalue weighted by molar-refractivity contribution is -0.137. The summed E-state index contributed by atoms with van der Waals surface area (Å²) >= 11 is 0. The first-order valence-corrected chi connectivity index (χ1v) is 8.25. The number of ether oxygens (including phenoxy) is 1. The van der Waals surface area contributed by atoms with Crippen molar-refractivity contribution in [2.24, 2.45) is 0 Å². The molecule has 5 nitrogen and oxygen atoms in total. The second-order valence-corrected chi connectivity index (χ2v) is 5.96. The van der Waals surface area contributed by atoms with Gasteiger partial charge < -0.3 is 10.1 Å². The summed E-state index contributed by atoms with van der Waals surface area (Å²) in [5, 5.41) is 3.01. The first-order chi connectivity index (χ1) is 13.3. The highest BCUT2D eigenvalue weighted by molar-refractivity contribution is 5.96. The Balaban J connectivity index is 1.99. The fourth-order valence-corrected chi connectivity index (χ4v) is 2.61. The van der Waals surface area contributed by atoms with Gasteiger partial charge in [-0.3, -0.25) is 0 Å². The second-order valence-electron chi connectivity index (χ2n) is 5.96. The number of nitrogens with zero attached hydrogens (tertiary/aromatic N) is 2. The lowest BCUT2D eigenvalue weighted by Crippen LogP contribution is -2.07. The molecule has 0 radical (unpaired) electrons. The van der Waals surface area contributed by atoms with E-state index >= 15 is 0 Å². The van der Waals surface area contributed by atoms with Gasteiger partial charge in [-0.1, -0.05) is 24.3 Å². The highest BCUT2D eigenvalue weighted by atomic mass is 19.4. The molecule has 2 aromatic carbocycles. The largest absolute Gasteiger partial charge is 0.465 e. The third-order valence-electron chi connectivity index (χ3n) is 3.90. The van der Waals surface area contributed by atoms with Crippen molar-refractivity contribution >= 4 is 17.5 Å². The standard InChI is InChI=1S/C20H16F3N3O2/c1-12-10-17(25-16-9-4-3-8-15(16)19(27)28-2)26-18(24-12)13-6-5-7-14(11-13)20(21,22)23/h3-11H,1-2H3,(H,24,25,26). The fraction of sp³-hybridized carbons (Fsp3) is 0.150. The van der Waals surface area contributed by atoms with Crippen LogP contribution >= 0.6 is 0 Å². The van der Waals surface area contributed by atoms with Crippen LogP contribution < -0.4 is 5.32 Å². The Kier molecular flexibility index (Phi) is 5.30. The monoisotopic (exact) mass is 387 g/mol. The number of benzene rings is 2. The van der Waals surface area contributed by atoms with Crippen molar-refractivity contribution in [3.05, 3.63) is 71.4 Å². The summed E-state index contributed by atoms with van der Waals surface area (Å²) in [6.07, 6.45) is -4.46. The second kappa shape index (κ2) is 7.67. The van der Waals surface area contributed by atoms with E-state index in [0.717, 1.165) is 12.1 Å². The molecular formula is C20H16F3N3O2. The maximum atomic E-state index is 13.0. The van der Waals surface area contributed by atoms with E-state index in [1.54, 1.807) is 37.3 Å². The van der Waals surface area contributed by atoms with Crippen molar-refractivity contribution in [3.63, 3.8) is 0 Å². The van der Waals surface area contributed by atoms with Gasteiger partial charge in [-0.05, 0) is 31.2 Å². The van der Waals surface area contributed by atoms with Gasteiger partial charge in [0.15, 0.2) is 5.82 Å². The summed E-state index contributed by atoms with van der Waals surface area (Å²) in [6.45, 7) is 1.70. The SMILES string of the molecule is COC(=O)c1ccccc1Nc1cc(C)nc(-c2cccc(C(F)(F)F)c2)n1. The van der Waals surface area contributed by atoms with Gasteiger partial charge in [0, 0.05) is 17.3 Å². The fourth-order valence-electron chi connectivity index (χ4n) is 2.61. The zero-order chi connectivity index (χ0) is 20.3. The van der Waals surface area contributed by atoms with E-state index in [1.807, 2.05) is 0 Å². The number of aryl methyl sites for hydroxylation is 1. The Bertz CT molecular complexity index is 1020. The summed E-state index contributed by atoms with van der Waals surface area (Å²) in [5.41, 5.74) is 0.785. The maximum absolute atomic E-state index is 13.0. The molecule has 0 unspecified atom stereocenters. The predicted octanol–water partition coefficient (Wildman–Crippen LogP) is 5.00. The molecule has 0 aliphatic heterocycles. The van der Waals surface area contributed by atoms with Crippen LogP contribution in [0.1, 0.15) is 21.6 Å². The number of aromatic nitrogens is 2. The van der Waals surface area contributed by atoms with Crippen molar-refractivity contribution in [1.29, 1.82) is 0 Å².